The molecule has 2 N–H and O–H groups in total. The van der Waals surface area contributed by atoms with Gasteiger partial charge in [-0.05, 0) is 20.3 Å². The molecule has 8 heteroatoms. The molecule has 0 saturated heterocycles. The van der Waals surface area contributed by atoms with Crippen molar-refractivity contribution in [2.75, 3.05) is 39.6 Å². The molecule has 0 fully saturated rings. The molecule has 0 aromatic rings. The monoisotopic (exact) mass is 322 g/mol. The second-order valence-electron chi connectivity index (χ2n) is 4.28. The van der Waals surface area contributed by atoms with Crippen LogP contribution in [-0.4, -0.2) is 64.6 Å². The molecular formula is C13H26O7Si. The van der Waals surface area contributed by atoms with E-state index in [2.05, 4.69) is 6.58 Å². The van der Waals surface area contributed by atoms with Crippen LogP contribution < -0.4 is 0 Å². The average molecular weight is 322 g/mol. The molecule has 0 atom stereocenters. The van der Waals surface area contributed by atoms with Gasteiger partial charge in [-0.2, -0.15) is 0 Å². The number of hydrogen-bond donors (Lipinski definition) is 2. The van der Waals surface area contributed by atoms with Crippen molar-refractivity contribution >= 4 is 14.8 Å². The molecule has 0 aromatic carbocycles. The fraction of sp³-hybridized carbons (Fsp3) is 0.769. The summed E-state index contributed by atoms with van der Waals surface area (Å²) in [7, 11) is -2.97. The lowest BCUT2D eigenvalue weighted by Gasteiger charge is -2.28. The van der Waals surface area contributed by atoms with E-state index < -0.39 is 14.8 Å². The number of carbonyl (C=O) groups is 1. The molecule has 0 aliphatic rings. The standard InChI is InChI=1S/C13H26O7Si/c1-4-18-21(19-9-6-14,20-10-7-15)11-5-8-17-13(16)12(2)3/h14-15H,2,4-11H2,1,3H3. The SMILES string of the molecule is C=C(C)C(=O)OCCC[Si](OCC)(OCCO)OCCO. The van der Waals surface area contributed by atoms with Gasteiger partial charge in [-0.25, -0.2) is 4.79 Å². The Bertz CT molecular complexity index is 301. The van der Waals surface area contributed by atoms with Crippen molar-refractivity contribution in [1.82, 2.24) is 0 Å². The van der Waals surface area contributed by atoms with Gasteiger partial charge in [0.15, 0.2) is 0 Å². The molecule has 0 aliphatic carbocycles. The Balaban J connectivity index is 4.41. The van der Waals surface area contributed by atoms with Gasteiger partial charge in [-0.1, -0.05) is 6.58 Å². The van der Waals surface area contributed by atoms with Crippen LogP contribution in [0, 0.1) is 0 Å². The Labute approximate surface area is 126 Å². The third-order valence-electron chi connectivity index (χ3n) is 2.40. The van der Waals surface area contributed by atoms with Crippen molar-refractivity contribution < 1.29 is 33.0 Å². The Morgan fingerprint density at radius 2 is 1.67 bits per heavy atom. The van der Waals surface area contributed by atoms with Gasteiger partial charge in [0, 0.05) is 18.2 Å². The van der Waals surface area contributed by atoms with Crippen LogP contribution in [0.3, 0.4) is 0 Å². The van der Waals surface area contributed by atoms with Crippen molar-refractivity contribution in [3.63, 3.8) is 0 Å². The highest BCUT2D eigenvalue weighted by atomic mass is 28.4. The van der Waals surface area contributed by atoms with Gasteiger partial charge in [0.05, 0.1) is 33.0 Å². The van der Waals surface area contributed by atoms with Crippen LogP contribution in [0.4, 0.5) is 0 Å². The maximum Gasteiger partial charge on any atom is 0.501 e. The lowest BCUT2D eigenvalue weighted by Crippen LogP contribution is -2.47. The largest absolute Gasteiger partial charge is 0.501 e. The Kier molecular flexibility index (Phi) is 11.4. The van der Waals surface area contributed by atoms with E-state index >= 15 is 0 Å². The van der Waals surface area contributed by atoms with Crippen LogP contribution in [0.15, 0.2) is 12.2 Å². The second-order valence-corrected chi connectivity index (χ2v) is 7.01. The molecule has 7 nitrogen and oxygen atoms in total. The topological polar surface area (TPSA) is 94.5 Å². The lowest BCUT2D eigenvalue weighted by molar-refractivity contribution is -0.139. The van der Waals surface area contributed by atoms with E-state index in [0.717, 1.165) is 0 Å². The Morgan fingerprint density at radius 3 is 2.10 bits per heavy atom. The lowest BCUT2D eigenvalue weighted by atomic mass is 10.4. The summed E-state index contributed by atoms with van der Waals surface area (Å²) < 4.78 is 21.7. The summed E-state index contributed by atoms with van der Waals surface area (Å²) in [5.74, 6) is -0.439. The number of ether oxygens (including phenoxy) is 1. The maximum atomic E-state index is 11.3. The summed E-state index contributed by atoms with van der Waals surface area (Å²) in [6, 6.07) is 0.435. The van der Waals surface area contributed by atoms with E-state index in [0.29, 0.717) is 24.6 Å². The highest BCUT2D eigenvalue weighted by Gasteiger charge is 2.40. The quantitative estimate of drug-likeness (QED) is 0.220. The summed E-state index contributed by atoms with van der Waals surface area (Å²) in [4.78, 5) is 11.3. The molecule has 0 saturated carbocycles. The van der Waals surface area contributed by atoms with Crippen molar-refractivity contribution in [2.45, 2.75) is 26.3 Å². The minimum Gasteiger partial charge on any atom is -0.462 e. The minimum absolute atomic E-state index is 0.100. The fourth-order valence-corrected chi connectivity index (χ4v) is 4.05. The van der Waals surface area contributed by atoms with E-state index in [9.17, 15) is 4.79 Å². The first-order valence-corrected chi connectivity index (χ1v) is 8.90. The average Bonchev–Trinajstić information content (AvgIpc) is 2.47. The number of esters is 1. The van der Waals surface area contributed by atoms with E-state index in [1.807, 2.05) is 6.92 Å². The molecule has 21 heavy (non-hydrogen) atoms. The Hall–Kier alpha value is -0.773. The zero-order chi connectivity index (χ0) is 16.1. The van der Waals surface area contributed by atoms with E-state index in [4.69, 9.17) is 28.2 Å². The molecular weight excluding hydrogens is 296 g/mol. The Morgan fingerprint density at radius 1 is 1.10 bits per heavy atom. The van der Waals surface area contributed by atoms with Gasteiger partial charge in [0.25, 0.3) is 0 Å². The summed E-state index contributed by atoms with van der Waals surface area (Å²) in [6.07, 6.45) is 0.502. The first-order valence-electron chi connectivity index (χ1n) is 6.97. The highest BCUT2D eigenvalue weighted by molar-refractivity contribution is 6.60. The van der Waals surface area contributed by atoms with Crippen molar-refractivity contribution in [3.05, 3.63) is 12.2 Å². The number of rotatable bonds is 13. The van der Waals surface area contributed by atoms with Crippen LogP contribution >= 0.6 is 0 Å². The molecule has 0 unspecified atom stereocenters. The van der Waals surface area contributed by atoms with Crippen molar-refractivity contribution in [2.24, 2.45) is 0 Å². The van der Waals surface area contributed by atoms with Crippen LogP contribution in [0.25, 0.3) is 0 Å². The zero-order valence-electron chi connectivity index (χ0n) is 12.8. The predicted molar refractivity (Wildman–Crippen MR) is 78.7 cm³/mol. The summed E-state index contributed by atoms with van der Waals surface area (Å²) in [5, 5.41) is 17.8. The van der Waals surface area contributed by atoms with Gasteiger partial charge in [-0.3, -0.25) is 0 Å². The van der Waals surface area contributed by atoms with E-state index in [-0.39, 0.29) is 33.0 Å². The number of aliphatic hydroxyl groups is 2. The summed E-state index contributed by atoms with van der Waals surface area (Å²) in [6.45, 7) is 7.41. The molecule has 124 valence electrons. The first-order chi connectivity index (χ1) is 10.0. The zero-order valence-corrected chi connectivity index (χ0v) is 13.8. The van der Waals surface area contributed by atoms with Crippen LogP contribution in [0.1, 0.15) is 20.3 Å². The third-order valence-corrected chi connectivity index (χ3v) is 5.38. The molecule has 0 radical (unpaired) electrons. The van der Waals surface area contributed by atoms with Gasteiger partial charge in [-0.15, -0.1) is 0 Å². The van der Waals surface area contributed by atoms with Crippen LogP contribution in [-0.2, 0) is 22.8 Å². The molecule has 0 aromatic heterocycles. The van der Waals surface area contributed by atoms with Gasteiger partial charge < -0.3 is 28.2 Å². The summed E-state index contributed by atoms with van der Waals surface area (Å²) >= 11 is 0. The van der Waals surface area contributed by atoms with E-state index in [1.54, 1.807) is 6.92 Å². The van der Waals surface area contributed by atoms with Crippen molar-refractivity contribution in [1.29, 1.82) is 0 Å². The smallest absolute Gasteiger partial charge is 0.462 e. The number of hydrogen-bond acceptors (Lipinski definition) is 7. The second kappa shape index (κ2) is 11.8. The molecule has 0 bridgehead atoms. The van der Waals surface area contributed by atoms with Gasteiger partial charge in [0.2, 0.25) is 0 Å². The highest BCUT2D eigenvalue weighted by Crippen LogP contribution is 2.18. The van der Waals surface area contributed by atoms with E-state index in [1.165, 1.54) is 0 Å². The molecule has 0 heterocycles. The fourth-order valence-electron chi connectivity index (χ4n) is 1.54. The molecule has 0 spiro atoms. The molecule has 0 amide bonds. The normalized spacial score (nSPS) is 11.4. The number of carbonyl (C=O) groups excluding carboxylic acids is 1. The third kappa shape index (κ3) is 8.97. The van der Waals surface area contributed by atoms with Crippen LogP contribution in [0.5, 0.6) is 0 Å². The molecule has 0 rings (SSSR count). The summed E-state index contributed by atoms with van der Waals surface area (Å²) in [5.41, 5.74) is 0.344. The molecule has 0 aliphatic heterocycles. The van der Waals surface area contributed by atoms with Crippen LogP contribution in [0.2, 0.25) is 6.04 Å². The maximum absolute atomic E-state index is 11.3. The number of aliphatic hydroxyl groups excluding tert-OH is 2. The minimum atomic E-state index is -2.97. The van der Waals surface area contributed by atoms with Crippen molar-refractivity contribution in [3.8, 4) is 0 Å². The van der Waals surface area contributed by atoms with Gasteiger partial charge in [0.1, 0.15) is 0 Å². The first kappa shape index (κ1) is 20.2. The predicted octanol–water partition coefficient (Wildman–Crippen LogP) is 0.489. The van der Waals surface area contributed by atoms with Gasteiger partial charge >= 0.3 is 14.8 Å².